The summed E-state index contributed by atoms with van der Waals surface area (Å²) in [5.41, 5.74) is 5.84. The number of likely N-dealkylation sites (tertiary alicyclic amines) is 3. The number of β-amino-alcohol motifs (C(OH)–C–C–N with tert-alkyl or cyclic N) is 1. The normalized spacial score (nSPS) is 21.2. The zero-order chi connectivity index (χ0) is 87.8. The minimum atomic E-state index is -3.66. The van der Waals surface area contributed by atoms with Crippen LogP contribution < -0.4 is 90.8 Å². The zero-order valence-corrected chi connectivity index (χ0v) is 78.2. The smallest absolute Gasteiger partial charge is 1.00 e. The van der Waals surface area contributed by atoms with E-state index in [1.807, 2.05) is 57.2 Å². The van der Waals surface area contributed by atoms with E-state index in [4.69, 9.17) is 54.8 Å². The number of pyridine rings is 2. The third-order valence-electron chi connectivity index (χ3n) is 19.2. The van der Waals surface area contributed by atoms with Crippen molar-refractivity contribution in [1.29, 1.82) is 0 Å². The van der Waals surface area contributed by atoms with Crippen LogP contribution in [0, 0.1) is 29.4 Å². The topological polar surface area (TPSA) is 475 Å². The Morgan fingerprint density at radius 2 is 1.07 bits per heavy atom. The molecule has 6 aliphatic rings. The number of nitrogens with two attached hydrogens (primary N) is 1. The van der Waals surface area contributed by atoms with E-state index in [1.54, 1.807) is 106 Å². The van der Waals surface area contributed by atoms with Crippen LogP contribution in [0.15, 0.2) is 85.2 Å². The number of carbonyl (C=O) groups is 8. The van der Waals surface area contributed by atoms with Gasteiger partial charge in [0.1, 0.15) is 46.6 Å². The van der Waals surface area contributed by atoms with Gasteiger partial charge in [0.05, 0.1) is 101 Å². The maximum Gasteiger partial charge on any atom is 1.00 e. The third kappa shape index (κ3) is 35.1. The van der Waals surface area contributed by atoms with Crippen molar-refractivity contribution in [3.05, 3.63) is 119 Å². The fraction of sp³-hybridized carbons (Fsp3) is 0.620. The van der Waals surface area contributed by atoms with Crippen molar-refractivity contribution in [1.82, 2.24) is 34.7 Å². The van der Waals surface area contributed by atoms with Crippen LogP contribution in [0.2, 0.25) is 0 Å². The van der Waals surface area contributed by atoms with Gasteiger partial charge >= 0.3 is 99.7 Å². The molecule has 2 saturated carbocycles. The molecule has 0 radical (unpaired) electrons. The molecule has 2 aromatic carbocycles. The van der Waals surface area contributed by atoms with Crippen molar-refractivity contribution < 1.29 is 183 Å². The molecule has 10 N–H and O–H groups in total. The molecule has 664 valence electrons. The van der Waals surface area contributed by atoms with Crippen molar-refractivity contribution in [3.8, 4) is 0 Å². The second-order valence-electron chi connectivity index (χ2n) is 33.0. The van der Waals surface area contributed by atoms with Crippen LogP contribution in [0.5, 0.6) is 0 Å². The summed E-state index contributed by atoms with van der Waals surface area (Å²) in [7, 11) is 0.0458. The van der Waals surface area contributed by atoms with Gasteiger partial charge in [0, 0.05) is 65.1 Å². The minimum Gasteiger partial charge on any atom is -1.00 e. The van der Waals surface area contributed by atoms with E-state index in [2.05, 4.69) is 43.9 Å². The first-order valence-corrected chi connectivity index (χ1v) is 40.7. The van der Waals surface area contributed by atoms with Crippen molar-refractivity contribution >= 4 is 93.7 Å². The second kappa shape index (κ2) is 49.4. The van der Waals surface area contributed by atoms with Crippen LogP contribution in [-0.2, 0) is 93.4 Å². The van der Waals surface area contributed by atoms with Gasteiger partial charge in [-0.1, -0.05) is 49.9 Å². The Hall–Kier alpha value is -6.25. The Morgan fingerprint density at radius 1 is 0.625 bits per heavy atom. The van der Waals surface area contributed by atoms with Gasteiger partial charge in [-0.15, -0.1) is 12.4 Å². The fourth-order valence-electron chi connectivity index (χ4n) is 12.7. The molecule has 2 aromatic heterocycles. The quantitative estimate of drug-likeness (QED) is 0.0160. The molecule has 41 heteroatoms. The third-order valence-corrected chi connectivity index (χ3v) is 21.7. The molecule has 6 fully saturated rings. The molecule has 11 atom stereocenters. The van der Waals surface area contributed by atoms with Crippen LogP contribution in [0.4, 0.5) is 34.5 Å². The Bertz CT molecular complexity index is 4100. The number of carboxylic acids is 2. The number of rotatable bonds is 24. The van der Waals surface area contributed by atoms with Crippen LogP contribution in [0.25, 0.3) is 0 Å². The van der Waals surface area contributed by atoms with Gasteiger partial charge in [0.2, 0.25) is 11.8 Å². The molecular formula is C79H119ClF2N10Na2O24S2. The number of carbonyl (C=O) groups excluding carboxylic acids is 6. The number of nitrogens with one attached hydrogen (secondary N) is 4. The summed E-state index contributed by atoms with van der Waals surface area (Å²) in [6, 6.07) is 17.3. The standard InChI is InChI=1S/C32H45FN4O5S.C23H29FN4O2.C11H19NO5.C10H17NO5.C2H6O4S.CH2O3.ClH.2Na.H/c1-30(2,3)42-29(39)37-20-23(41-7)19-26(37)28(38)35-25-18-22(13-14-24(25)33)32(16-15-21-11-12-21,27-10-8-9-17-34-27)36-43(40)31(4,5)6;1-30-17-13-20(27-14-17)22(29)28-19-12-16(7-8-18(19)24)23(25,10-9-15-5-6-15)21-4-2-3-11-26-21;1-11(2,3)17-10(16)12-5-7(6-13)4-8(12)9(14)15;1-10(2,3)16-9(15)11-5-6(12)4-7(11)8(13)14;1-5-7(3,4)6-2;2-1-4-3;;;;/h8-10,13-14,17-18,21,23,26,36H,11-12,15-16,19-20H2,1-7H3,(H,35,38);2-4,7-8,11-12,15,17,20,27H,5-6,9-10,13-14,25H2,1H3,(H,28,29);7-8,13H,4-6H2,1-3H3,(H,14,15);6-7,12H,4-5H2,1-3H3,(H,13,14);1-2H3;1,3H;1H;;;/q;;;;;;;2*+1;-1/p-1/t23-,26-,32?,43?;17-,20-,23?;7-,8-;6-,7-;;;;;;/m1111....../s1. The van der Waals surface area contributed by atoms with E-state index in [1.165, 1.54) is 41.9 Å². The zero-order valence-electron chi connectivity index (χ0n) is 72.7. The number of benzene rings is 2. The van der Waals surface area contributed by atoms with Crippen molar-refractivity contribution in [2.75, 3.05) is 71.9 Å². The number of nitrogens with zero attached hydrogens (tertiary/aromatic N) is 5. The van der Waals surface area contributed by atoms with E-state index < -0.39 is 132 Å². The summed E-state index contributed by atoms with van der Waals surface area (Å²) < 4.78 is 100. The van der Waals surface area contributed by atoms with Crippen molar-refractivity contribution in [3.63, 3.8) is 0 Å². The van der Waals surface area contributed by atoms with Crippen LogP contribution in [0.3, 0.4) is 0 Å². The summed E-state index contributed by atoms with van der Waals surface area (Å²) in [6.07, 6.45) is 9.30. The number of aliphatic hydroxyl groups excluding tert-OH is 2. The van der Waals surface area contributed by atoms with Gasteiger partial charge in [-0.25, -0.2) is 41.7 Å². The Labute approximate surface area is 755 Å². The van der Waals surface area contributed by atoms with E-state index in [-0.39, 0.29) is 160 Å². The maximum absolute atomic E-state index is 15.4. The number of anilines is 2. The van der Waals surface area contributed by atoms with Gasteiger partial charge in [-0.05, 0) is 193 Å². The summed E-state index contributed by atoms with van der Waals surface area (Å²) in [6.45, 7) is 21.9. The van der Waals surface area contributed by atoms with Gasteiger partial charge < -0.3 is 77.4 Å². The van der Waals surface area contributed by atoms with Crippen LogP contribution in [-0.4, -0.2) is 231 Å². The Balaban J connectivity index is 0.000000815. The van der Waals surface area contributed by atoms with Crippen molar-refractivity contribution in [2.24, 2.45) is 23.5 Å². The molecule has 120 heavy (non-hydrogen) atoms. The van der Waals surface area contributed by atoms with Crippen LogP contribution in [0.1, 0.15) is 184 Å². The molecule has 4 saturated heterocycles. The molecule has 4 aromatic rings. The first kappa shape index (κ1) is 110. The monoisotopic (exact) mass is 1770 g/mol. The number of methoxy groups -OCH3 is 2. The van der Waals surface area contributed by atoms with Gasteiger partial charge in [-0.2, -0.15) is 8.42 Å². The number of hydrogen-bond acceptors (Lipinski definition) is 26. The average Bonchev–Trinajstić information content (AvgIpc) is 0.965. The van der Waals surface area contributed by atoms with E-state index in [0.717, 1.165) is 56.1 Å². The van der Waals surface area contributed by atoms with Gasteiger partial charge in [-0.3, -0.25) is 47.4 Å². The number of aliphatic carboxylic acids is 2. The molecule has 4 aliphatic heterocycles. The maximum atomic E-state index is 15.4. The molecule has 0 bridgehead atoms. The number of ether oxygens (including phenoxy) is 5. The average molecular weight is 1780 g/mol. The predicted molar refractivity (Wildman–Crippen MR) is 432 cm³/mol. The molecule has 6 heterocycles. The summed E-state index contributed by atoms with van der Waals surface area (Å²) in [5.74, 6) is -3.04. The molecule has 34 nitrogen and oxygen atoms in total. The molecule has 2 aliphatic carbocycles. The summed E-state index contributed by atoms with van der Waals surface area (Å²) in [5, 5.41) is 53.3. The summed E-state index contributed by atoms with van der Waals surface area (Å²) >= 11 is 0. The first-order chi connectivity index (χ1) is 54.6. The molecular weight excluding hydrogens is 1660 g/mol. The minimum absolute atomic E-state index is 0. The molecule has 3 unspecified atom stereocenters. The van der Waals surface area contributed by atoms with E-state index >= 15 is 4.39 Å². The van der Waals surface area contributed by atoms with Gasteiger partial charge in [0.15, 0.2) is 0 Å². The fourth-order valence-corrected chi connectivity index (χ4v) is 13.8. The molecule has 10 rings (SSSR count). The number of amides is 5. The number of aromatic nitrogens is 2. The van der Waals surface area contributed by atoms with Crippen LogP contribution >= 0.6 is 12.4 Å². The Morgan fingerprint density at radius 3 is 1.48 bits per heavy atom. The summed E-state index contributed by atoms with van der Waals surface area (Å²) in [4.78, 5) is 109. The second-order valence-corrected chi connectivity index (χ2v) is 36.4. The Kier molecular flexibility index (Phi) is 45.3. The first-order valence-electron chi connectivity index (χ1n) is 38.2. The molecule has 5 amide bonds. The largest absolute Gasteiger partial charge is 1.00 e. The van der Waals surface area contributed by atoms with E-state index in [9.17, 15) is 55.7 Å². The number of aliphatic hydroxyl groups is 2. The molecule has 0 spiro atoms. The number of carboxylic acid groups (broad SMARTS) is 2. The van der Waals surface area contributed by atoms with Gasteiger partial charge in [0.25, 0.3) is 6.47 Å². The van der Waals surface area contributed by atoms with E-state index in [0.29, 0.717) is 48.9 Å². The SMILES string of the molecule is CC(C)(C)OC(=O)N1C[C@H](CO)C[C@@H]1C(=O)O.CC(C)(C)OC(=O)N1C[C@H](O)C[C@@H]1C(=O)O.COS(=O)(=O)OC.CO[C@@H]1C[C@H](C(=O)Nc2cc(C(CCC3CC3)(NS(=O)C(C)(C)C)c3ccccn3)ccc2F)N(C(=O)OC(C)(C)C)C1.CO[C@H]1CN[C@@H](C(=O)Nc2cc(C(N)(CCC3CC3)c3ccccn3)ccc2F)C1.Cl.O=CO[O-].[H-].[Na+].[Na+]. The number of hydrogen-bond donors (Lipinski definition) is 9. The predicted octanol–water partition coefficient (Wildman–Crippen LogP) is 2.23. The van der Waals surface area contributed by atoms with Crippen molar-refractivity contribution in [2.45, 2.75) is 235 Å². The number of halogens is 3.